The highest BCUT2D eigenvalue weighted by Crippen LogP contribution is 2.27. The molecule has 0 radical (unpaired) electrons. The van der Waals surface area contributed by atoms with Crippen LogP contribution in [0.25, 0.3) is 0 Å². The van der Waals surface area contributed by atoms with E-state index in [2.05, 4.69) is 16.7 Å². The van der Waals surface area contributed by atoms with Crippen molar-refractivity contribution in [3.05, 3.63) is 35.9 Å². The van der Waals surface area contributed by atoms with Gasteiger partial charge in [-0.1, -0.05) is 44.4 Å². The monoisotopic (exact) mass is 342 g/mol. The Balaban J connectivity index is 1.52. The van der Waals surface area contributed by atoms with Gasteiger partial charge in [-0.05, 0) is 56.7 Å². The van der Waals surface area contributed by atoms with Crippen LogP contribution in [0.5, 0.6) is 0 Å². The molecule has 2 aliphatic rings. The number of carbonyl (C=O) groups excluding carboxylic acids is 1. The highest BCUT2D eigenvalue weighted by atomic mass is 16.2. The quantitative estimate of drug-likeness (QED) is 0.755. The minimum Gasteiger partial charge on any atom is -0.339 e. The molecule has 0 atom stereocenters. The maximum Gasteiger partial charge on any atom is 0.253 e. The molecule has 1 heterocycles. The zero-order chi connectivity index (χ0) is 17.5. The van der Waals surface area contributed by atoms with Crippen LogP contribution in [0.15, 0.2) is 30.3 Å². The van der Waals surface area contributed by atoms with Crippen molar-refractivity contribution >= 4 is 5.91 Å². The SMILES string of the molecule is CCCN(CC1CCCCC1)C1CCN(C(=O)c2ccccc2)CC1. The van der Waals surface area contributed by atoms with E-state index >= 15 is 0 Å². The summed E-state index contributed by atoms with van der Waals surface area (Å²) in [6, 6.07) is 10.4. The lowest BCUT2D eigenvalue weighted by Gasteiger charge is -2.40. The fourth-order valence-corrected chi connectivity index (χ4v) is 4.61. The van der Waals surface area contributed by atoms with Gasteiger partial charge in [0.15, 0.2) is 0 Å². The zero-order valence-electron chi connectivity index (χ0n) is 15.8. The van der Waals surface area contributed by atoms with Crippen LogP contribution < -0.4 is 0 Å². The van der Waals surface area contributed by atoms with E-state index in [9.17, 15) is 4.79 Å². The number of amides is 1. The molecule has 0 spiro atoms. The second kappa shape index (κ2) is 9.38. The summed E-state index contributed by atoms with van der Waals surface area (Å²) in [5, 5.41) is 0. The molecule has 1 saturated carbocycles. The van der Waals surface area contributed by atoms with Crippen LogP contribution in [0.4, 0.5) is 0 Å². The van der Waals surface area contributed by atoms with Crippen molar-refractivity contribution in [1.82, 2.24) is 9.80 Å². The summed E-state index contributed by atoms with van der Waals surface area (Å²) in [4.78, 5) is 17.4. The maximum absolute atomic E-state index is 12.6. The summed E-state index contributed by atoms with van der Waals surface area (Å²) in [6.07, 6.45) is 10.6. The molecule has 138 valence electrons. The van der Waals surface area contributed by atoms with Crippen LogP contribution in [0, 0.1) is 5.92 Å². The van der Waals surface area contributed by atoms with Crippen LogP contribution in [0.2, 0.25) is 0 Å². The van der Waals surface area contributed by atoms with Gasteiger partial charge in [-0.3, -0.25) is 9.69 Å². The predicted octanol–water partition coefficient (Wildman–Crippen LogP) is 4.58. The standard InChI is InChI=1S/C22H34N2O/c1-2-15-24(18-19-9-5-3-6-10-19)21-13-16-23(17-14-21)22(25)20-11-7-4-8-12-20/h4,7-8,11-12,19,21H,2-3,5-6,9-10,13-18H2,1H3. The Kier molecular flexibility index (Phi) is 6.92. The van der Waals surface area contributed by atoms with E-state index in [1.165, 1.54) is 51.6 Å². The van der Waals surface area contributed by atoms with Gasteiger partial charge in [-0.2, -0.15) is 0 Å². The van der Waals surface area contributed by atoms with Gasteiger partial charge in [0.25, 0.3) is 5.91 Å². The van der Waals surface area contributed by atoms with Crippen LogP contribution in [-0.2, 0) is 0 Å². The second-order valence-corrected chi connectivity index (χ2v) is 7.89. The molecule has 3 rings (SSSR count). The third-order valence-corrected chi connectivity index (χ3v) is 6.02. The molecular weight excluding hydrogens is 308 g/mol. The van der Waals surface area contributed by atoms with Crippen molar-refractivity contribution < 1.29 is 4.79 Å². The van der Waals surface area contributed by atoms with Crippen molar-refractivity contribution in [2.45, 2.75) is 64.3 Å². The number of nitrogens with zero attached hydrogens (tertiary/aromatic N) is 2. The van der Waals surface area contributed by atoms with E-state index in [4.69, 9.17) is 0 Å². The van der Waals surface area contributed by atoms with Crippen LogP contribution >= 0.6 is 0 Å². The molecule has 3 nitrogen and oxygen atoms in total. The Morgan fingerprint density at radius 1 is 1.04 bits per heavy atom. The van der Waals surface area contributed by atoms with Crippen molar-refractivity contribution in [2.75, 3.05) is 26.2 Å². The van der Waals surface area contributed by atoms with Crippen LogP contribution in [0.1, 0.15) is 68.6 Å². The molecule has 1 aromatic carbocycles. The first-order valence-electron chi connectivity index (χ1n) is 10.4. The number of likely N-dealkylation sites (tertiary alicyclic amines) is 1. The molecule has 0 unspecified atom stereocenters. The lowest BCUT2D eigenvalue weighted by molar-refractivity contribution is 0.0580. The smallest absolute Gasteiger partial charge is 0.253 e. The number of piperidine rings is 1. The summed E-state index contributed by atoms with van der Waals surface area (Å²) in [5.74, 6) is 1.11. The summed E-state index contributed by atoms with van der Waals surface area (Å²) >= 11 is 0. The highest BCUT2D eigenvalue weighted by Gasteiger charge is 2.28. The van der Waals surface area contributed by atoms with Gasteiger partial charge in [0.1, 0.15) is 0 Å². The minimum atomic E-state index is 0.202. The Bertz CT molecular complexity index is 516. The predicted molar refractivity (Wildman–Crippen MR) is 104 cm³/mol. The van der Waals surface area contributed by atoms with Gasteiger partial charge in [-0.25, -0.2) is 0 Å². The Hall–Kier alpha value is -1.35. The fourth-order valence-electron chi connectivity index (χ4n) is 4.61. The Labute approximate surface area is 153 Å². The van der Waals surface area contributed by atoms with Crippen molar-refractivity contribution in [3.8, 4) is 0 Å². The highest BCUT2D eigenvalue weighted by molar-refractivity contribution is 5.94. The summed E-state index contributed by atoms with van der Waals surface area (Å²) in [5.41, 5.74) is 0.827. The number of hydrogen-bond acceptors (Lipinski definition) is 2. The average molecular weight is 343 g/mol. The van der Waals surface area contributed by atoms with Gasteiger partial charge in [0.2, 0.25) is 0 Å². The van der Waals surface area contributed by atoms with E-state index in [-0.39, 0.29) is 5.91 Å². The number of rotatable bonds is 6. The number of carbonyl (C=O) groups is 1. The first-order valence-corrected chi connectivity index (χ1v) is 10.4. The van der Waals surface area contributed by atoms with Crippen molar-refractivity contribution in [2.24, 2.45) is 5.92 Å². The first kappa shape index (κ1) is 18.4. The molecule has 3 heteroatoms. The molecule has 2 fully saturated rings. The van der Waals surface area contributed by atoms with Gasteiger partial charge in [0.05, 0.1) is 0 Å². The van der Waals surface area contributed by atoms with Crippen LogP contribution in [-0.4, -0.2) is 47.9 Å². The number of hydrogen-bond donors (Lipinski definition) is 0. The molecule has 1 aliphatic carbocycles. The third kappa shape index (κ3) is 5.07. The van der Waals surface area contributed by atoms with Gasteiger partial charge >= 0.3 is 0 Å². The molecule has 1 amide bonds. The van der Waals surface area contributed by atoms with E-state index in [1.54, 1.807) is 0 Å². The molecular formula is C22H34N2O. The Morgan fingerprint density at radius 3 is 2.36 bits per heavy atom. The molecule has 25 heavy (non-hydrogen) atoms. The number of benzene rings is 1. The van der Waals surface area contributed by atoms with E-state index < -0.39 is 0 Å². The van der Waals surface area contributed by atoms with E-state index in [0.717, 1.165) is 37.4 Å². The molecule has 0 bridgehead atoms. The van der Waals surface area contributed by atoms with E-state index in [0.29, 0.717) is 6.04 Å². The van der Waals surface area contributed by atoms with Crippen LogP contribution in [0.3, 0.4) is 0 Å². The molecule has 0 N–H and O–H groups in total. The lowest BCUT2D eigenvalue weighted by atomic mass is 9.88. The van der Waals surface area contributed by atoms with Crippen molar-refractivity contribution in [1.29, 1.82) is 0 Å². The molecule has 1 aromatic rings. The van der Waals surface area contributed by atoms with Gasteiger partial charge in [-0.15, -0.1) is 0 Å². The molecule has 1 aliphatic heterocycles. The maximum atomic E-state index is 12.6. The summed E-state index contributed by atoms with van der Waals surface area (Å²) in [6.45, 7) is 6.60. The van der Waals surface area contributed by atoms with Gasteiger partial charge < -0.3 is 4.90 Å². The zero-order valence-corrected chi connectivity index (χ0v) is 15.8. The van der Waals surface area contributed by atoms with Gasteiger partial charge in [0, 0.05) is 31.2 Å². The molecule has 0 aromatic heterocycles. The largest absolute Gasteiger partial charge is 0.339 e. The normalized spacial score (nSPS) is 20.2. The Morgan fingerprint density at radius 2 is 1.72 bits per heavy atom. The average Bonchev–Trinajstić information content (AvgIpc) is 2.69. The van der Waals surface area contributed by atoms with E-state index in [1.807, 2.05) is 30.3 Å². The lowest BCUT2D eigenvalue weighted by Crippen LogP contribution is -2.48. The first-order chi connectivity index (χ1) is 12.3. The minimum absolute atomic E-state index is 0.202. The fraction of sp³-hybridized carbons (Fsp3) is 0.682. The second-order valence-electron chi connectivity index (χ2n) is 7.89. The molecule has 1 saturated heterocycles. The van der Waals surface area contributed by atoms with Crippen molar-refractivity contribution in [3.63, 3.8) is 0 Å². The summed E-state index contributed by atoms with van der Waals surface area (Å²) in [7, 11) is 0. The topological polar surface area (TPSA) is 23.6 Å². The third-order valence-electron chi connectivity index (χ3n) is 6.02. The summed E-state index contributed by atoms with van der Waals surface area (Å²) < 4.78 is 0.